The van der Waals surface area contributed by atoms with Gasteiger partial charge in [-0.15, -0.1) is 0 Å². The van der Waals surface area contributed by atoms with E-state index in [2.05, 4.69) is 10.2 Å². The summed E-state index contributed by atoms with van der Waals surface area (Å²) in [5, 5.41) is 2.87. The fraction of sp³-hybridized carbons (Fsp3) is 0.526. The van der Waals surface area contributed by atoms with E-state index in [4.69, 9.17) is 0 Å². The summed E-state index contributed by atoms with van der Waals surface area (Å²) in [5.74, 6) is -0.0506. The second-order valence-corrected chi connectivity index (χ2v) is 6.39. The Morgan fingerprint density at radius 3 is 2.52 bits per heavy atom. The van der Waals surface area contributed by atoms with Crippen LogP contribution in [-0.4, -0.2) is 59.6 Å². The number of rotatable bonds is 5. The summed E-state index contributed by atoms with van der Waals surface area (Å²) >= 11 is 0. The third-order valence-corrected chi connectivity index (χ3v) is 4.68. The Balaban J connectivity index is 2.00. The van der Waals surface area contributed by atoms with Gasteiger partial charge in [-0.3, -0.25) is 19.3 Å². The van der Waals surface area contributed by atoms with E-state index in [9.17, 15) is 14.4 Å². The summed E-state index contributed by atoms with van der Waals surface area (Å²) in [4.78, 5) is 40.2. The normalized spacial score (nSPS) is 16.8. The van der Waals surface area contributed by atoms with Crippen molar-refractivity contribution in [1.29, 1.82) is 0 Å². The van der Waals surface area contributed by atoms with Gasteiger partial charge in [-0.05, 0) is 32.4 Å². The average molecular weight is 345 g/mol. The van der Waals surface area contributed by atoms with E-state index in [1.165, 1.54) is 6.92 Å². The van der Waals surface area contributed by atoms with E-state index >= 15 is 0 Å². The zero-order valence-electron chi connectivity index (χ0n) is 15.2. The molecule has 0 unspecified atom stereocenters. The SMILES string of the molecule is CCC(=O)N1CCCN([C@H](C)C(=O)Nc2ccccc2C(C)=O)CC1. The summed E-state index contributed by atoms with van der Waals surface area (Å²) in [6.07, 6.45) is 1.37. The molecule has 1 aliphatic heterocycles. The van der Waals surface area contributed by atoms with Crippen LogP contribution in [0.3, 0.4) is 0 Å². The molecule has 1 fully saturated rings. The van der Waals surface area contributed by atoms with Gasteiger partial charge in [-0.2, -0.15) is 0 Å². The number of Topliss-reactive ketones (excluding diaryl/α,β-unsaturated/α-hetero) is 1. The van der Waals surface area contributed by atoms with Crippen molar-refractivity contribution in [2.24, 2.45) is 0 Å². The van der Waals surface area contributed by atoms with Crippen molar-refractivity contribution in [2.75, 3.05) is 31.5 Å². The van der Waals surface area contributed by atoms with E-state index in [0.717, 1.165) is 19.5 Å². The van der Waals surface area contributed by atoms with Crippen LogP contribution in [0.1, 0.15) is 44.0 Å². The molecule has 0 radical (unpaired) electrons. The maximum Gasteiger partial charge on any atom is 0.241 e. The fourth-order valence-electron chi connectivity index (χ4n) is 3.10. The van der Waals surface area contributed by atoms with Crippen LogP contribution in [0.5, 0.6) is 0 Å². The maximum absolute atomic E-state index is 12.6. The third kappa shape index (κ3) is 4.89. The smallest absolute Gasteiger partial charge is 0.241 e. The van der Waals surface area contributed by atoms with Gasteiger partial charge < -0.3 is 10.2 Å². The van der Waals surface area contributed by atoms with Gasteiger partial charge in [0.25, 0.3) is 0 Å². The number of anilines is 1. The number of carbonyl (C=O) groups is 3. The number of hydrogen-bond acceptors (Lipinski definition) is 4. The Morgan fingerprint density at radius 2 is 1.84 bits per heavy atom. The van der Waals surface area contributed by atoms with Gasteiger partial charge in [0.05, 0.1) is 11.7 Å². The number of nitrogens with one attached hydrogen (secondary N) is 1. The van der Waals surface area contributed by atoms with Crippen molar-refractivity contribution in [2.45, 2.75) is 39.7 Å². The molecule has 2 rings (SSSR count). The molecular formula is C19H27N3O3. The lowest BCUT2D eigenvalue weighted by molar-refractivity contribution is -0.130. The Hall–Kier alpha value is -2.21. The van der Waals surface area contributed by atoms with Gasteiger partial charge in [-0.25, -0.2) is 0 Å². The van der Waals surface area contributed by atoms with E-state index in [-0.39, 0.29) is 23.6 Å². The molecule has 2 amide bonds. The largest absolute Gasteiger partial charge is 0.341 e. The number of para-hydroxylation sites is 1. The number of ketones is 1. The number of amides is 2. The summed E-state index contributed by atoms with van der Waals surface area (Å²) in [7, 11) is 0. The molecule has 136 valence electrons. The van der Waals surface area contributed by atoms with Crippen molar-refractivity contribution < 1.29 is 14.4 Å². The molecule has 1 N–H and O–H groups in total. The maximum atomic E-state index is 12.6. The molecule has 1 aromatic rings. The van der Waals surface area contributed by atoms with Crippen LogP contribution in [0, 0.1) is 0 Å². The molecule has 0 saturated carbocycles. The first-order valence-electron chi connectivity index (χ1n) is 8.86. The topological polar surface area (TPSA) is 69.7 Å². The monoisotopic (exact) mass is 345 g/mol. The summed E-state index contributed by atoms with van der Waals surface area (Å²) in [6, 6.07) is 6.71. The zero-order chi connectivity index (χ0) is 18.4. The number of carbonyl (C=O) groups excluding carboxylic acids is 3. The van der Waals surface area contributed by atoms with Crippen molar-refractivity contribution in [1.82, 2.24) is 9.80 Å². The van der Waals surface area contributed by atoms with Crippen LogP contribution in [0.2, 0.25) is 0 Å². The minimum Gasteiger partial charge on any atom is -0.341 e. The van der Waals surface area contributed by atoms with Crippen LogP contribution >= 0.6 is 0 Å². The number of benzene rings is 1. The highest BCUT2D eigenvalue weighted by atomic mass is 16.2. The van der Waals surface area contributed by atoms with E-state index in [1.54, 1.807) is 24.3 Å². The Kier molecular flexibility index (Phi) is 6.70. The van der Waals surface area contributed by atoms with Crippen molar-refractivity contribution in [3.05, 3.63) is 29.8 Å². The summed E-state index contributed by atoms with van der Waals surface area (Å²) in [5.41, 5.74) is 1.06. The highest BCUT2D eigenvalue weighted by Gasteiger charge is 2.25. The highest BCUT2D eigenvalue weighted by molar-refractivity contribution is 6.04. The van der Waals surface area contributed by atoms with Crippen LogP contribution in [0.15, 0.2) is 24.3 Å². The van der Waals surface area contributed by atoms with Gasteiger partial charge in [0, 0.05) is 38.2 Å². The molecule has 0 spiro atoms. The zero-order valence-corrected chi connectivity index (χ0v) is 15.2. The van der Waals surface area contributed by atoms with Gasteiger partial charge in [0.1, 0.15) is 0 Å². The molecule has 1 saturated heterocycles. The quantitative estimate of drug-likeness (QED) is 0.830. The minimum absolute atomic E-state index is 0.0768. The molecule has 0 aliphatic carbocycles. The van der Waals surface area contributed by atoms with Crippen LogP contribution < -0.4 is 5.32 Å². The van der Waals surface area contributed by atoms with E-state index < -0.39 is 0 Å². The highest BCUT2D eigenvalue weighted by Crippen LogP contribution is 2.17. The first-order valence-corrected chi connectivity index (χ1v) is 8.86. The van der Waals surface area contributed by atoms with Crippen molar-refractivity contribution in [3.63, 3.8) is 0 Å². The molecule has 1 aliphatic rings. The fourth-order valence-corrected chi connectivity index (χ4v) is 3.10. The molecular weight excluding hydrogens is 318 g/mol. The standard InChI is InChI=1S/C19H27N3O3/c1-4-18(24)22-11-7-10-21(12-13-22)14(2)19(25)20-17-9-6-5-8-16(17)15(3)23/h5-6,8-9,14H,4,7,10-13H2,1-3H3,(H,20,25)/t14-/m1/s1. The van der Waals surface area contributed by atoms with Gasteiger partial charge >= 0.3 is 0 Å². The lowest BCUT2D eigenvalue weighted by atomic mass is 10.1. The predicted molar refractivity (Wildman–Crippen MR) is 97.6 cm³/mol. The predicted octanol–water partition coefficient (Wildman–Crippen LogP) is 2.16. The van der Waals surface area contributed by atoms with E-state index in [0.29, 0.717) is 30.8 Å². The molecule has 1 heterocycles. The minimum atomic E-state index is -0.323. The van der Waals surface area contributed by atoms with Crippen LogP contribution in [0.25, 0.3) is 0 Å². The molecule has 25 heavy (non-hydrogen) atoms. The van der Waals surface area contributed by atoms with Gasteiger partial charge in [-0.1, -0.05) is 19.1 Å². The summed E-state index contributed by atoms with van der Waals surface area (Å²) < 4.78 is 0. The Bertz CT molecular complexity index is 645. The second-order valence-electron chi connectivity index (χ2n) is 6.39. The average Bonchev–Trinajstić information content (AvgIpc) is 2.86. The molecule has 1 atom stereocenters. The lowest BCUT2D eigenvalue weighted by Gasteiger charge is -2.27. The molecule has 6 nitrogen and oxygen atoms in total. The molecule has 1 aromatic carbocycles. The van der Waals surface area contributed by atoms with E-state index in [1.807, 2.05) is 18.7 Å². The molecule has 6 heteroatoms. The Labute approximate surface area is 149 Å². The molecule has 0 aromatic heterocycles. The number of nitrogens with zero attached hydrogens (tertiary/aromatic N) is 2. The van der Waals surface area contributed by atoms with Gasteiger partial charge in [0.2, 0.25) is 11.8 Å². The van der Waals surface area contributed by atoms with Crippen LogP contribution in [-0.2, 0) is 9.59 Å². The first-order chi connectivity index (χ1) is 11.9. The summed E-state index contributed by atoms with van der Waals surface area (Å²) in [6.45, 7) is 8.06. The molecule has 0 bridgehead atoms. The van der Waals surface area contributed by atoms with Gasteiger partial charge in [0.15, 0.2) is 5.78 Å². The lowest BCUT2D eigenvalue weighted by Crippen LogP contribution is -2.44. The second kappa shape index (κ2) is 8.76. The van der Waals surface area contributed by atoms with Crippen molar-refractivity contribution >= 4 is 23.3 Å². The third-order valence-electron chi connectivity index (χ3n) is 4.68. The van der Waals surface area contributed by atoms with Crippen molar-refractivity contribution in [3.8, 4) is 0 Å². The van der Waals surface area contributed by atoms with Crippen LogP contribution in [0.4, 0.5) is 5.69 Å². The Morgan fingerprint density at radius 1 is 1.12 bits per heavy atom. The first kappa shape index (κ1) is 19.1. The number of hydrogen-bond donors (Lipinski definition) is 1.